The van der Waals surface area contributed by atoms with Crippen LogP contribution in [0, 0.1) is 5.82 Å². The van der Waals surface area contributed by atoms with Gasteiger partial charge in [-0.15, -0.1) is 0 Å². The van der Waals surface area contributed by atoms with Gasteiger partial charge >= 0.3 is 0 Å². The summed E-state index contributed by atoms with van der Waals surface area (Å²) in [7, 11) is 0. The standard InChI is InChI=1S/C14H17BrFNO2/c15-13-11(6-1-7-12(13)16)14(19)17-8-2-4-10(17)5-3-9-18/h1,6-7,10,18H,2-5,8-9H2. The molecule has 0 bridgehead atoms. The molecule has 104 valence electrons. The van der Waals surface area contributed by atoms with E-state index in [1.165, 1.54) is 6.07 Å². The summed E-state index contributed by atoms with van der Waals surface area (Å²) < 4.78 is 13.7. The van der Waals surface area contributed by atoms with Crippen LogP contribution in [-0.4, -0.2) is 35.1 Å². The summed E-state index contributed by atoms with van der Waals surface area (Å²) in [5.41, 5.74) is 0.371. The first-order chi connectivity index (χ1) is 9.15. The number of halogens is 2. The van der Waals surface area contributed by atoms with Crippen LogP contribution < -0.4 is 0 Å². The fraction of sp³-hybridized carbons (Fsp3) is 0.500. The second-order valence-corrected chi connectivity index (χ2v) is 5.55. The minimum Gasteiger partial charge on any atom is -0.396 e. The van der Waals surface area contributed by atoms with Crippen LogP contribution in [0.25, 0.3) is 0 Å². The third kappa shape index (κ3) is 3.15. The van der Waals surface area contributed by atoms with Gasteiger partial charge in [-0.25, -0.2) is 4.39 Å². The number of likely N-dealkylation sites (tertiary alicyclic amines) is 1. The first-order valence-electron chi connectivity index (χ1n) is 6.51. The van der Waals surface area contributed by atoms with E-state index in [-0.39, 0.29) is 23.0 Å². The van der Waals surface area contributed by atoms with E-state index in [0.717, 1.165) is 19.3 Å². The Kier molecular flexibility index (Phi) is 4.93. The zero-order chi connectivity index (χ0) is 13.8. The zero-order valence-corrected chi connectivity index (χ0v) is 12.2. The second kappa shape index (κ2) is 6.48. The Labute approximate surface area is 120 Å². The van der Waals surface area contributed by atoms with Gasteiger partial charge in [-0.1, -0.05) is 6.07 Å². The van der Waals surface area contributed by atoms with Gasteiger partial charge in [-0.2, -0.15) is 0 Å². The molecule has 5 heteroatoms. The topological polar surface area (TPSA) is 40.5 Å². The molecule has 1 aromatic carbocycles. The molecule has 1 fully saturated rings. The quantitative estimate of drug-likeness (QED) is 0.922. The maximum atomic E-state index is 13.5. The molecule has 2 rings (SSSR count). The van der Waals surface area contributed by atoms with E-state index in [4.69, 9.17) is 5.11 Å². The SMILES string of the molecule is O=C(c1cccc(F)c1Br)N1CCCC1CCCO. The third-order valence-electron chi connectivity index (χ3n) is 3.52. The van der Waals surface area contributed by atoms with Crippen molar-refractivity contribution in [1.82, 2.24) is 4.90 Å². The van der Waals surface area contributed by atoms with Crippen molar-refractivity contribution in [2.75, 3.05) is 13.2 Å². The van der Waals surface area contributed by atoms with Crippen molar-refractivity contribution in [3.63, 3.8) is 0 Å². The molecule has 1 amide bonds. The zero-order valence-electron chi connectivity index (χ0n) is 10.6. The second-order valence-electron chi connectivity index (χ2n) is 4.76. The number of aliphatic hydroxyl groups is 1. The first-order valence-corrected chi connectivity index (χ1v) is 7.30. The fourth-order valence-electron chi connectivity index (χ4n) is 2.55. The fourth-order valence-corrected chi connectivity index (χ4v) is 2.99. The Morgan fingerprint density at radius 2 is 2.32 bits per heavy atom. The average Bonchev–Trinajstić information content (AvgIpc) is 2.87. The number of nitrogens with zero attached hydrogens (tertiary/aromatic N) is 1. The maximum Gasteiger partial charge on any atom is 0.255 e. The van der Waals surface area contributed by atoms with Gasteiger partial charge in [-0.05, 0) is 53.7 Å². The van der Waals surface area contributed by atoms with Crippen LogP contribution in [0.1, 0.15) is 36.0 Å². The maximum absolute atomic E-state index is 13.5. The van der Waals surface area contributed by atoms with Gasteiger partial charge in [0.1, 0.15) is 5.82 Å². The molecule has 1 aliphatic rings. The molecule has 1 unspecified atom stereocenters. The van der Waals surface area contributed by atoms with E-state index in [0.29, 0.717) is 18.5 Å². The van der Waals surface area contributed by atoms with Crippen LogP contribution in [0.15, 0.2) is 22.7 Å². The number of aliphatic hydroxyl groups excluding tert-OH is 1. The van der Waals surface area contributed by atoms with Gasteiger partial charge in [-0.3, -0.25) is 4.79 Å². The van der Waals surface area contributed by atoms with E-state index in [1.807, 2.05) is 0 Å². The van der Waals surface area contributed by atoms with Crippen LogP contribution in [0.5, 0.6) is 0 Å². The highest BCUT2D eigenvalue weighted by atomic mass is 79.9. The molecular weight excluding hydrogens is 313 g/mol. The molecule has 0 saturated carbocycles. The van der Waals surface area contributed by atoms with E-state index < -0.39 is 5.82 Å². The lowest BCUT2D eigenvalue weighted by Gasteiger charge is -2.25. The number of carbonyl (C=O) groups excluding carboxylic acids is 1. The molecule has 0 aliphatic carbocycles. The van der Waals surface area contributed by atoms with Crippen molar-refractivity contribution in [3.8, 4) is 0 Å². The van der Waals surface area contributed by atoms with Crippen molar-refractivity contribution in [1.29, 1.82) is 0 Å². The van der Waals surface area contributed by atoms with Crippen molar-refractivity contribution in [3.05, 3.63) is 34.1 Å². The van der Waals surface area contributed by atoms with Crippen LogP contribution in [0.3, 0.4) is 0 Å². The monoisotopic (exact) mass is 329 g/mol. The predicted octanol–water partition coefficient (Wildman–Crippen LogP) is 2.97. The van der Waals surface area contributed by atoms with Crippen molar-refractivity contribution in [2.45, 2.75) is 31.7 Å². The van der Waals surface area contributed by atoms with E-state index >= 15 is 0 Å². The average molecular weight is 330 g/mol. The normalized spacial score (nSPS) is 18.9. The Morgan fingerprint density at radius 3 is 3.05 bits per heavy atom. The minimum absolute atomic E-state index is 0.133. The molecule has 1 aromatic rings. The summed E-state index contributed by atoms with van der Waals surface area (Å²) in [5, 5.41) is 8.89. The molecule has 1 N–H and O–H groups in total. The number of carbonyl (C=O) groups is 1. The lowest BCUT2D eigenvalue weighted by molar-refractivity contribution is 0.0723. The molecule has 0 aromatic heterocycles. The molecule has 3 nitrogen and oxygen atoms in total. The Morgan fingerprint density at radius 1 is 1.53 bits per heavy atom. The van der Waals surface area contributed by atoms with Crippen LogP contribution >= 0.6 is 15.9 Å². The van der Waals surface area contributed by atoms with Crippen LogP contribution in [0.2, 0.25) is 0 Å². The number of hydrogen-bond donors (Lipinski definition) is 1. The summed E-state index contributed by atoms with van der Waals surface area (Å²) in [6.07, 6.45) is 3.42. The summed E-state index contributed by atoms with van der Waals surface area (Å²) >= 11 is 3.14. The molecule has 1 heterocycles. The molecule has 0 radical (unpaired) electrons. The van der Waals surface area contributed by atoms with Crippen molar-refractivity contribution >= 4 is 21.8 Å². The highest BCUT2D eigenvalue weighted by Gasteiger charge is 2.30. The number of hydrogen-bond acceptors (Lipinski definition) is 2. The summed E-state index contributed by atoms with van der Waals surface area (Å²) in [5.74, 6) is -0.552. The molecule has 1 atom stereocenters. The van der Waals surface area contributed by atoms with Gasteiger partial charge in [0, 0.05) is 19.2 Å². The van der Waals surface area contributed by atoms with Gasteiger partial charge < -0.3 is 10.0 Å². The van der Waals surface area contributed by atoms with E-state index in [2.05, 4.69) is 15.9 Å². The minimum atomic E-state index is -0.419. The Bertz CT molecular complexity index is 467. The lowest BCUT2D eigenvalue weighted by Crippen LogP contribution is -2.35. The molecule has 0 spiro atoms. The lowest BCUT2D eigenvalue weighted by atomic mass is 10.1. The predicted molar refractivity (Wildman–Crippen MR) is 74.5 cm³/mol. The van der Waals surface area contributed by atoms with Gasteiger partial charge in [0.05, 0.1) is 10.0 Å². The number of amides is 1. The molecule has 1 saturated heterocycles. The van der Waals surface area contributed by atoms with Gasteiger partial charge in [0.25, 0.3) is 5.91 Å². The highest BCUT2D eigenvalue weighted by molar-refractivity contribution is 9.10. The third-order valence-corrected chi connectivity index (χ3v) is 4.32. The molecule has 1 aliphatic heterocycles. The van der Waals surface area contributed by atoms with Crippen molar-refractivity contribution in [2.24, 2.45) is 0 Å². The summed E-state index contributed by atoms with van der Waals surface area (Å²) in [4.78, 5) is 14.3. The largest absolute Gasteiger partial charge is 0.396 e. The molecular formula is C14H17BrFNO2. The Hall–Kier alpha value is -0.940. The smallest absolute Gasteiger partial charge is 0.255 e. The van der Waals surface area contributed by atoms with Gasteiger partial charge in [0.2, 0.25) is 0 Å². The first kappa shape index (κ1) is 14.5. The van der Waals surface area contributed by atoms with Crippen molar-refractivity contribution < 1.29 is 14.3 Å². The van der Waals surface area contributed by atoms with E-state index in [9.17, 15) is 9.18 Å². The Balaban J connectivity index is 2.16. The summed E-state index contributed by atoms with van der Waals surface area (Å²) in [6, 6.07) is 4.67. The van der Waals surface area contributed by atoms with E-state index in [1.54, 1.807) is 17.0 Å². The number of rotatable bonds is 4. The van der Waals surface area contributed by atoms with Crippen LogP contribution in [0.4, 0.5) is 4.39 Å². The van der Waals surface area contributed by atoms with Crippen LogP contribution in [-0.2, 0) is 0 Å². The number of benzene rings is 1. The summed E-state index contributed by atoms with van der Waals surface area (Å²) in [6.45, 7) is 0.847. The highest BCUT2D eigenvalue weighted by Crippen LogP contribution is 2.27. The van der Waals surface area contributed by atoms with Gasteiger partial charge in [0.15, 0.2) is 0 Å². The molecule has 19 heavy (non-hydrogen) atoms.